The zero-order valence-corrected chi connectivity index (χ0v) is 25.2. The molecule has 2 aliphatic rings. The Labute approximate surface area is 261 Å². The molecular weight excluding hydrogens is 601 g/mol. The molecule has 0 radical (unpaired) electrons. The summed E-state index contributed by atoms with van der Waals surface area (Å²) in [5.41, 5.74) is 1.65. The molecule has 0 aliphatic carbocycles. The van der Waals surface area contributed by atoms with Gasteiger partial charge in [0.15, 0.2) is 6.10 Å². The molecule has 216 valence electrons. The number of carbonyl (C=O) groups excluding carboxylic acids is 4. The van der Waals surface area contributed by atoms with Gasteiger partial charge in [0.2, 0.25) is 11.0 Å². The summed E-state index contributed by atoms with van der Waals surface area (Å²) in [7, 11) is 0. The summed E-state index contributed by atoms with van der Waals surface area (Å²) >= 11 is 3.82. The Hall–Kier alpha value is -4.12. The lowest BCUT2D eigenvalue weighted by Gasteiger charge is -2.49. The number of β-lactam (4-membered cyclic amide) rings is 1. The van der Waals surface area contributed by atoms with Gasteiger partial charge in [0, 0.05) is 21.1 Å². The van der Waals surface area contributed by atoms with Crippen molar-refractivity contribution in [1.82, 2.24) is 10.2 Å². The average molecular weight is 627 g/mol. The lowest BCUT2D eigenvalue weighted by atomic mass is 10.0. The summed E-state index contributed by atoms with van der Waals surface area (Å²) in [4.78, 5) is 56.9. The summed E-state index contributed by atoms with van der Waals surface area (Å²) < 4.78 is 6.13. The van der Waals surface area contributed by atoms with Crippen LogP contribution < -0.4 is 5.32 Å². The van der Waals surface area contributed by atoms with Crippen LogP contribution in [-0.4, -0.2) is 45.0 Å². The number of thioether (sulfide) groups is 2. The van der Waals surface area contributed by atoms with Gasteiger partial charge in [0.1, 0.15) is 17.1 Å². The van der Waals surface area contributed by atoms with Crippen molar-refractivity contribution in [3.63, 3.8) is 0 Å². The number of esters is 1. The predicted octanol–water partition coefficient (Wildman–Crippen LogP) is 5.60. The van der Waals surface area contributed by atoms with Crippen molar-refractivity contribution in [3.8, 4) is 0 Å². The summed E-state index contributed by atoms with van der Waals surface area (Å²) in [6, 6.07) is 30.7. The number of fused-ring (bicyclic) bond motifs is 1. The van der Waals surface area contributed by atoms with E-state index >= 15 is 0 Å². The van der Waals surface area contributed by atoms with Gasteiger partial charge in [-0.15, -0.1) is 23.1 Å². The summed E-state index contributed by atoms with van der Waals surface area (Å²) in [5, 5.41) is 3.85. The molecular formula is C33H26N2O5S3. The molecule has 1 saturated heterocycles. The fourth-order valence-corrected chi connectivity index (χ4v) is 7.90. The molecule has 1 unspecified atom stereocenters. The van der Waals surface area contributed by atoms with E-state index in [2.05, 4.69) is 5.32 Å². The van der Waals surface area contributed by atoms with Gasteiger partial charge in [-0.1, -0.05) is 84.9 Å². The largest absolute Gasteiger partial charge is 0.448 e. The molecule has 1 fully saturated rings. The normalized spacial score (nSPS) is 17.7. The van der Waals surface area contributed by atoms with Crippen LogP contribution in [0.1, 0.15) is 22.1 Å². The van der Waals surface area contributed by atoms with E-state index in [4.69, 9.17) is 4.74 Å². The fourth-order valence-electron chi connectivity index (χ4n) is 4.97. The lowest BCUT2D eigenvalue weighted by Crippen LogP contribution is -2.70. The molecule has 0 bridgehead atoms. The quantitative estimate of drug-likeness (QED) is 0.147. The standard InChI is InChI=1S/C33H26N2O5S3/c36-26(19-24-17-10-18-41-24)34-27-30(37)35-28(25(20-42-31(27)35)33(39)43-23-15-8-3-9-16-23)32(38)40-29(21-11-4-1-5-12-21)22-13-6-2-7-14-22/h1-18,27,29,31H,19-20H2,(H,34,36)/t27?,31-/m0/s1. The third-order valence-corrected chi connectivity index (χ3v) is 10.1. The van der Waals surface area contributed by atoms with Crippen LogP contribution in [0.25, 0.3) is 0 Å². The minimum absolute atomic E-state index is 0.0669. The number of hydrogen-bond donors (Lipinski definition) is 1. The van der Waals surface area contributed by atoms with Crippen LogP contribution in [-0.2, 0) is 30.3 Å². The van der Waals surface area contributed by atoms with E-state index < -0.39 is 29.4 Å². The second-order valence-electron chi connectivity index (χ2n) is 9.85. The van der Waals surface area contributed by atoms with Gasteiger partial charge >= 0.3 is 5.97 Å². The van der Waals surface area contributed by atoms with E-state index in [1.165, 1.54) is 28.0 Å². The Bertz CT molecular complexity index is 1620. The van der Waals surface area contributed by atoms with Crippen molar-refractivity contribution >= 4 is 57.8 Å². The SMILES string of the molecule is O=C(Cc1cccs1)NC1C(=O)N2C(C(=O)OC(c3ccccc3)c3ccccc3)=C(C(=O)Sc3ccccc3)CS[C@@H]12. The molecule has 1 aromatic heterocycles. The van der Waals surface area contributed by atoms with Crippen molar-refractivity contribution in [2.75, 3.05) is 5.75 Å². The van der Waals surface area contributed by atoms with Crippen molar-refractivity contribution in [1.29, 1.82) is 0 Å². The molecule has 10 heteroatoms. The molecule has 6 rings (SSSR count). The van der Waals surface area contributed by atoms with Gasteiger partial charge in [-0.3, -0.25) is 19.3 Å². The number of hydrogen-bond acceptors (Lipinski definition) is 8. The van der Waals surface area contributed by atoms with Gasteiger partial charge < -0.3 is 10.1 Å². The molecule has 7 nitrogen and oxygen atoms in total. The molecule has 3 heterocycles. The molecule has 2 aliphatic heterocycles. The molecule has 0 spiro atoms. The van der Waals surface area contributed by atoms with Crippen LogP contribution in [0.2, 0.25) is 0 Å². The van der Waals surface area contributed by atoms with Crippen LogP contribution in [0.5, 0.6) is 0 Å². The number of amides is 2. The first-order valence-electron chi connectivity index (χ1n) is 13.6. The molecule has 2 amide bonds. The first-order chi connectivity index (χ1) is 21.0. The first-order valence-corrected chi connectivity index (χ1v) is 16.3. The minimum atomic E-state index is -0.808. The molecule has 3 aromatic carbocycles. The van der Waals surface area contributed by atoms with Crippen molar-refractivity contribution < 1.29 is 23.9 Å². The van der Waals surface area contributed by atoms with Gasteiger partial charge in [0.05, 0.1) is 6.42 Å². The third-order valence-electron chi connectivity index (χ3n) is 7.02. The van der Waals surface area contributed by atoms with E-state index in [0.717, 1.165) is 32.7 Å². The number of nitrogens with zero attached hydrogens (tertiary/aromatic N) is 1. The molecule has 4 aromatic rings. The number of ether oxygens (including phenoxy) is 1. The Balaban J connectivity index is 1.30. The maximum atomic E-state index is 14.1. The van der Waals surface area contributed by atoms with Gasteiger partial charge in [-0.05, 0) is 46.5 Å². The first kappa shape index (κ1) is 29.0. The van der Waals surface area contributed by atoms with Crippen LogP contribution in [0.4, 0.5) is 0 Å². The molecule has 0 saturated carbocycles. The van der Waals surface area contributed by atoms with E-state index in [0.29, 0.717) is 0 Å². The number of thiophene rings is 1. The van der Waals surface area contributed by atoms with E-state index in [1.807, 2.05) is 109 Å². The second kappa shape index (κ2) is 13.0. The topological polar surface area (TPSA) is 92.8 Å². The number of nitrogens with one attached hydrogen (secondary N) is 1. The van der Waals surface area contributed by atoms with Crippen molar-refractivity contribution in [3.05, 3.63) is 136 Å². The number of carbonyl (C=O) groups is 4. The summed E-state index contributed by atoms with van der Waals surface area (Å²) in [6.07, 6.45) is -0.595. The Morgan fingerprint density at radius 3 is 2.12 bits per heavy atom. The van der Waals surface area contributed by atoms with Crippen LogP contribution in [0.15, 0.2) is 125 Å². The maximum absolute atomic E-state index is 14.1. The summed E-state index contributed by atoms with van der Waals surface area (Å²) in [6.45, 7) is 0. The second-order valence-corrected chi connectivity index (χ2v) is 13.0. The highest BCUT2D eigenvalue weighted by Gasteiger charge is 2.55. The molecule has 1 N–H and O–H groups in total. The third kappa shape index (κ3) is 6.31. The highest BCUT2D eigenvalue weighted by molar-refractivity contribution is 8.14. The van der Waals surface area contributed by atoms with E-state index in [1.54, 1.807) is 0 Å². The highest BCUT2D eigenvalue weighted by atomic mass is 32.2. The van der Waals surface area contributed by atoms with E-state index in [-0.39, 0.29) is 34.5 Å². The zero-order valence-electron chi connectivity index (χ0n) is 22.8. The van der Waals surface area contributed by atoms with Crippen molar-refractivity contribution in [2.24, 2.45) is 0 Å². The zero-order chi connectivity index (χ0) is 29.8. The average Bonchev–Trinajstić information content (AvgIpc) is 3.56. The van der Waals surface area contributed by atoms with Crippen LogP contribution in [0, 0.1) is 0 Å². The van der Waals surface area contributed by atoms with Gasteiger partial charge in [-0.25, -0.2) is 4.79 Å². The Kier molecular flexibility index (Phi) is 8.78. The van der Waals surface area contributed by atoms with Crippen molar-refractivity contribution in [2.45, 2.75) is 28.8 Å². The maximum Gasteiger partial charge on any atom is 0.356 e. The number of benzene rings is 3. The van der Waals surface area contributed by atoms with Crippen LogP contribution >= 0.6 is 34.9 Å². The van der Waals surface area contributed by atoms with E-state index in [9.17, 15) is 19.2 Å². The number of rotatable bonds is 9. The lowest BCUT2D eigenvalue weighted by molar-refractivity contribution is -0.154. The molecule has 2 atom stereocenters. The Morgan fingerprint density at radius 1 is 0.884 bits per heavy atom. The Morgan fingerprint density at radius 2 is 1.51 bits per heavy atom. The highest BCUT2D eigenvalue weighted by Crippen LogP contribution is 2.43. The summed E-state index contributed by atoms with van der Waals surface area (Å²) in [5.74, 6) is -1.30. The predicted molar refractivity (Wildman–Crippen MR) is 168 cm³/mol. The smallest absolute Gasteiger partial charge is 0.356 e. The van der Waals surface area contributed by atoms with Gasteiger partial charge in [-0.2, -0.15) is 0 Å². The van der Waals surface area contributed by atoms with Gasteiger partial charge in [0.25, 0.3) is 5.91 Å². The fraction of sp³-hybridized carbons (Fsp3) is 0.152. The monoisotopic (exact) mass is 626 g/mol. The van der Waals surface area contributed by atoms with Crippen LogP contribution in [0.3, 0.4) is 0 Å². The minimum Gasteiger partial charge on any atom is -0.448 e. The molecule has 43 heavy (non-hydrogen) atoms.